The van der Waals surface area contributed by atoms with Gasteiger partial charge < -0.3 is 9.32 Å². The number of rotatable bonds is 5. The molecule has 9 aromatic carbocycles. The van der Waals surface area contributed by atoms with Gasteiger partial charge in [-0.2, -0.15) is 0 Å². The molecule has 2 nitrogen and oxygen atoms in total. The molecule has 0 spiro atoms. The largest absolute Gasteiger partial charge is 0.456 e. The average molecular weight is 636 g/mol. The van der Waals surface area contributed by atoms with Crippen molar-refractivity contribution in [2.75, 3.05) is 4.90 Å². The van der Waals surface area contributed by atoms with Gasteiger partial charge >= 0.3 is 0 Å². The summed E-state index contributed by atoms with van der Waals surface area (Å²) in [7, 11) is 0. The number of furan rings is 1. The zero-order chi connectivity index (χ0) is 32.8. The summed E-state index contributed by atoms with van der Waals surface area (Å²) in [4.78, 5) is 2.39. The van der Waals surface area contributed by atoms with E-state index in [0.717, 1.165) is 28.2 Å². The quantitative estimate of drug-likeness (QED) is 0.175. The molecule has 1 heterocycles. The van der Waals surface area contributed by atoms with E-state index in [1.165, 1.54) is 76.5 Å². The lowest BCUT2D eigenvalue weighted by molar-refractivity contribution is 0.669. The molecule has 2 heteroatoms. The van der Waals surface area contributed by atoms with E-state index in [1.54, 1.807) is 0 Å². The molecular formula is C48H29NO. The molecule has 0 amide bonds. The van der Waals surface area contributed by atoms with E-state index in [2.05, 4.69) is 181 Å². The second-order valence-corrected chi connectivity index (χ2v) is 13.3. The van der Waals surface area contributed by atoms with Crippen molar-refractivity contribution in [1.82, 2.24) is 0 Å². The molecule has 1 aliphatic rings. The topological polar surface area (TPSA) is 16.4 Å². The van der Waals surface area contributed by atoms with Crippen LogP contribution in [0.1, 0.15) is 0 Å². The fourth-order valence-corrected chi connectivity index (χ4v) is 8.32. The predicted molar refractivity (Wildman–Crippen MR) is 211 cm³/mol. The fraction of sp³-hybridized carbons (Fsp3) is 0. The SMILES string of the molecule is c1ccc(-c2ccc(N(c3ccc(-c4ccccc4)cc3)c3cc4oc5ccc6ccc7cccc8c7c6c5c4c4c-8cccc34)cc2)cc1. The Bertz CT molecular complexity index is 2860. The molecule has 0 unspecified atom stereocenters. The number of fused-ring (bicyclic) bond motifs is 1. The molecule has 232 valence electrons. The summed E-state index contributed by atoms with van der Waals surface area (Å²) in [5.74, 6) is 0. The number of hydrogen-bond acceptors (Lipinski definition) is 2. The molecule has 11 rings (SSSR count). The minimum atomic E-state index is 0.902. The summed E-state index contributed by atoms with van der Waals surface area (Å²) in [5.41, 5.74) is 12.4. The first kappa shape index (κ1) is 27.3. The van der Waals surface area contributed by atoms with E-state index in [0.29, 0.717) is 0 Å². The van der Waals surface area contributed by atoms with Gasteiger partial charge in [0.15, 0.2) is 0 Å². The van der Waals surface area contributed by atoms with Crippen LogP contribution in [-0.2, 0) is 0 Å². The molecule has 0 fully saturated rings. The van der Waals surface area contributed by atoms with Crippen LogP contribution in [-0.4, -0.2) is 0 Å². The highest BCUT2D eigenvalue weighted by Crippen LogP contribution is 2.52. The number of anilines is 3. The normalized spacial score (nSPS) is 12.0. The average Bonchev–Trinajstić information content (AvgIpc) is 3.51. The summed E-state index contributed by atoms with van der Waals surface area (Å²) in [5, 5.41) is 9.91. The summed E-state index contributed by atoms with van der Waals surface area (Å²) in [6.07, 6.45) is 0. The zero-order valence-corrected chi connectivity index (χ0v) is 27.1. The van der Waals surface area contributed by atoms with Crippen LogP contribution in [0.2, 0.25) is 0 Å². The van der Waals surface area contributed by atoms with Crippen molar-refractivity contribution in [2.45, 2.75) is 0 Å². The lowest BCUT2D eigenvalue weighted by Crippen LogP contribution is -2.10. The molecule has 0 bridgehead atoms. The van der Waals surface area contributed by atoms with Gasteiger partial charge in [-0.25, -0.2) is 0 Å². The highest BCUT2D eigenvalue weighted by molar-refractivity contribution is 6.38. The first-order valence-electron chi connectivity index (χ1n) is 17.2. The van der Waals surface area contributed by atoms with Gasteiger partial charge in [0, 0.05) is 44.4 Å². The molecule has 0 saturated heterocycles. The van der Waals surface area contributed by atoms with Gasteiger partial charge in [-0.1, -0.05) is 140 Å². The monoisotopic (exact) mass is 635 g/mol. The van der Waals surface area contributed by atoms with Crippen molar-refractivity contribution in [1.29, 1.82) is 0 Å². The Hall–Kier alpha value is -6.64. The lowest BCUT2D eigenvalue weighted by atomic mass is 9.92. The van der Waals surface area contributed by atoms with Crippen molar-refractivity contribution < 1.29 is 4.42 Å². The van der Waals surface area contributed by atoms with E-state index >= 15 is 0 Å². The van der Waals surface area contributed by atoms with Gasteiger partial charge in [0.1, 0.15) is 11.2 Å². The van der Waals surface area contributed by atoms with Gasteiger partial charge in [0.2, 0.25) is 0 Å². The Morgan fingerprint density at radius 3 is 1.50 bits per heavy atom. The summed E-state index contributed by atoms with van der Waals surface area (Å²) in [6, 6.07) is 63.7. The first-order chi connectivity index (χ1) is 24.8. The van der Waals surface area contributed by atoms with Crippen molar-refractivity contribution >= 4 is 71.3 Å². The maximum Gasteiger partial charge on any atom is 0.138 e. The smallest absolute Gasteiger partial charge is 0.138 e. The van der Waals surface area contributed by atoms with Crippen LogP contribution in [0.5, 0.6) is 0 Å². The van der Waals surface area contributed by atoms with Gasteiger partial charge in [-0.3, -0.25) is 0 Å². The molecule has 10 aromatic rings. The van der Waals surface area contributed by atoms with Crippen LogP contribution in [0.3, 0.4) is 0 Å². The molecule has 0 saturated carbocycles. The second kappa shape index (κ2) is 10.4. The Labute approximate surface area is 289 Å². The van der Waals surface area contributed by atoms with E-state index < -0.39 is 0 Å². The van der Waals surface area contributed by atoms with E-state index in [4.69, 9.17) is 4.42 Å². The van der Waals surface area contributed by atoms with Gasteiger partial charge in [-0.15, -0.1) is 0 Å². The van der Waals surface area contributed by atoms with Crippen LogP contribution in [0, 0.1) is 0 Å². The number of benzene rings is 9. The van der Waals surface area contributed by atoms with E-state index in [-0.39, 0.29) is 0 Å². The molecule has 50 heavy (non-hydrogen) atoms. The summed E-state index contributed by atoms with van der Waals surface area (Å²) >= 11 is 0. The van der Waals surface area contributed by atoms with Crippen molar-refractivity contribution in [2.24, 2.45) is 0 Å². The van der Waals surface area contributed by atoms with E-state index in [9.17, 15) is 0 Å². The molecule has 0 radical (unpaired) electrons. The third-order valence-electron chi connectivity index (χ3n) is 10.6. The van der Waals surface area contributed by atoms with Crippen molar-refractivity contribution in [3.05, 3.63) is 176 Å². The summed E-state index contributed by atoms with van der Waals surface area (Å²) < 4.78 is 6.83. The Morgan fingerprint density at radius 1 is 0.340 bits per heavy atom. The molecule has 1 aromatic heterocycles. The lowest BCUT2D eigenvalue weighted by Gasteiger charge is -2.28. The van der Waals surface area contributed by atoms with Gasteiger partial charge in [0.05, 0.1) is 5.69 Å². The fourth-order valence-electron chi connectivity index (χ4n) is 8.32. The van der Waals surface area contributed by atoms with Gasteiger partial charge in [-0.05, 0) is 79.9 Å². The maximum atomic E-state index is 6.83. The number of nitrogens with zero attached hydrogens (tertiary/aromatic N) is 1. The molecular weight excluding hydrogens is 607 g/mol. The molecule has 1 aliphatic carbocycles. The molecule has 0 atom stereocenters. The molecule has 0 aliphatic heterocycles. The van der Waals surface area contributed by atoms with Crippen molar-refractivity contribution in [3.63, 3.8) is 0 Å². The van der Waals surface area contributed by atoms with Crippen LogP contribution in [0.15, 0.2) is 180 Å². The second-order valence-electron chi connectivity index (χ2n) is 13.3. The predicted octanol–water partition coefficient (Wildman–Crippen LogP) is 13.8. The van der Waals surface area contributed by atoms with Crippen LogP contribution < -0.4 is 4.90 Å². The van der Waals surface area contributed by atoms with Crippen LogP contribution >= 0.6 is 0 Å². The Morgan fingerprint density at radius 2 is 0.860 bits per heavy atom. The van der Waals surface area contributed by atoms with Crippen LogP contribution in [0.4, 0.5) is 17.1 Å². The van der Waals surface area contributed by atoms with Crippen molar-refractivity contribution in [3.8, 4) is 33.4 Å². The minimum Gasteiger partial charge on any atom is -0.456 e. The highest BCUT2D eigenvalue weighted by Gasteiger charge is 2.26. The minimum absolute atomic E-state index is 0.902. The Balaban J connectivity index is 1.21. The molecule has 0 N–H and O–H groups in total. The Kier molecular flexibility index (Phi) is 5.70. The van der Waals surface area contributed by atoms with Crippen LogP contribution in [0.25, 0.3) is 87.6 Å². The third kappa shape index (κ3) is 3.90. The first-order valence-corrected chi connectivity index (χ1v) is 17.2. The zero-order valence-electron chi connectivity index (χ0n) is 27.1. The van der Waals surface area contributed by atoms with Gasteiger partial charge in [0.25, 0.3) is 0 Å². The number of hydrogen-bond donors (Lipinski definition) is 0. The van der Waals surface area contributed by atoms with E-state index in [1.807, 2.05) is 0 Å². The summed E-state index contributed by atoms with van der Waals surface area (Å²) in [6.45, 7) is 0. The maximum absolute atomic E-state index is 6.83. The third-order valence-corrected chi connectivity index (χ3v) is 10.6. The highest BCUT2D eigenvalue weighted by atomic mass is 16.3. The standard InChI is InChI=1S/C48H29NO/c1-3-9-30(10-4-1)32-19-24-36(25-20-32)49(37-26-21-33(22-27-37)31-11-5-2-6-12-31)41-29-43-48-46-39(15-8-16-40(41)46)38-14-7-13-34-17-18-35-23-28-42(50-43)47(48)45(35)44(34)38/h1-29H.